The summed E-state index contributed by atoms with van der Waals surface area (Å²) in [6.45, 7) is 0. The summed E-state index contributed by atoms with van der Waals surface area (Å²) in [6, 6.07) is 7.43. The average Bonchev–Trinajstić information content (AvgIpc) is 2.81. The summed E-state index contributed by atoms with van der Waals surface area (Å²) in [5, 5.41) is 8.96. The maximum atomic E-state index is 8.96. The second-order valence-corrected chi connectivity index (χ2v) is 2.96. The molecule has 15 heavy (non-hydrogen) atoms. The number of imidazole rings is 1. The monoisotopic (exact) mass is 199 g/mol. The fourth-order valence-corrected chi connectivity index (χ4v) is 1.35. The first kappa shape index (κ1) is 9.28. The van der Waals surface area contributed by atoms with Gasteiger partial charge in [-0.15, -0.1) is 0 Å². The zero-order valence-electron chi connectivity index (χ0n) is 8.21. The second kappa shape index (κ2) is 3.84. The van der Waals surface area contributed by atoms with Gasteiger partial charge in [-0.1, -0.05) is 0 Å². The molecule has 0 atom stereocenters. The number of hydrogen-bond acceptors (Lipinski definition) is 3. The molecular formula is C11H9N3O. The van der Waals surface area contributed by atoms with Crippen LogP contribution in [0.4, 0.5) is 0 Å². The van der Waals surface area contributed by atoms with E-state index in [1.54, 1.807) is 48.6 Å². The van der Waals surface area contributed by atoms with Gasteiger partial charge in [-0.05, 0) is 12.1 Å². The third kappa shape index (κ3) is 1.67. The highest BCUT2D eigenvalue weighted by Gasteiger charge is 2.05. The molecule has 0 bridgehead atoms. The topological polar surface area (TPSA) is 50.8 Å². The lowest BCUT2D eigenvalue weighted by atomic mass is 10.2. The van der Waals surface area contributed by atoms with Gasteiger partial charge in [0.15, 0.2) is 0 Å². The lowest BCUT2D eigenvalue weighted by Crippen LogP contribution is -1.95. The Kier molecular flexibility index (Phi) is 2.38. The van der Waals surface area contributed by atoms with Gasteiger partial charge in [-0.2, -0.15) is 5.26 Å². The highest BCUT2D eigenvalue weighted by Crippen LogP contribution is 2.20. The van der Waals surface area contributed by atoms with Crippen LogP contribution in [0.15, 0.2) is 36.9 Å². The van der Waals surface area contributed by atoms with Crippen molar-refractivity contribution in [3.05, 3.63) is 42.5 Å². The predicted octanol–water partition coefficient (Wildman–Crippen LogP) is 1.75. The summed E-state index contributed by atoms with van der Waals surface area (Å²) in [4.78, 5) is 3.94. The van der Waals surface area contributed by atoms with E-state index >= 15 is 0 Å². The van der Waals surface area contributed by atoms with Crippen LogP contribution in [0.2, 0.25) is 0 Å². The molecule has 0 saturated heterocycles. The number of aromatic nitrogens is 2. The van der Waals surface area contributed by atoms with Gasteiger partial charge in [0, 0.05) is 18.5 Å². The van der Waals surface area contributed by atoms with Crippen molar-refractivity contribution in [2.45, 2.75) is 0 Å². The van der Waals surface area contributed by atoms with Crippen LogP contribution in [0.5, 0.6) is 5.75 Å². The Bertz CT molecular complexity index is 497. The van der Waals surface area contributed by atoms with Crippen LogP contribution in [-0.2, 0) is 0 Å². The van der Waals surface area contributed by atoms with Crippen LogP contribution in [0, 0.1) is 11.3 Å². The number of benzene rings is 1. The van der Waals surface area contributed by atoms with Crippen molar-refractivity contribution >= 4 is 0 Å². The smallest absolute Gasteiger partial charge is 0.121 e. The Morgan fingerprint density at radius 2 is 2.33 bits per heavy atom. The van der Waals surface area contributed by atoms with Gasteiger partial charge in [-0.25, -0.2) is 4.98 Å². The van der Waals surface area contributed by atoms with Gasteiger partial charge in [0.2, 0.25) is 0 Å². The lowest BCUT2D eigenvalue weighted by molar-refractivity contribution is 0.414. The highest BCUT2D eigenvalue weighted by molar-refractivity contribution is 5.52. The molecule has 2 rings (SSSR count). The van der Waals surface area contributed by atoms with Crippen molar-refractivity contribution in [2.24, 2.45) is 0 Å². The third-order valence-corrected chi connectivity index (χ3v) is 2.11. The summed E-state index contributed by atoms with van der Waals surface area (Å²) >= 11 is 0. The molecule has 2 aromatic rings. The van der Waals surface area contributed by atoms with E-state index in [1.807, 2.05) is 0 Å². The van der Waals surface area contributed by atoms with E-state index in [-0.39, 0.29) is 0 Å². The minimum Gasteiger partial charge on any atom is -0.497 e. The van der Waals surface area contributed by atoms with Crippen molar-refractivity contribution in [3.8, 4) is 17.5 Å². The highest BCUT2D eigenvalue weighted by atomic mass is 16.5. The molecule has 4 heteroatoms. The molecule has 0 aliphatic carbocycles. The quantitative estimate of drug-likeness (QED) is 0.740. The van der Waals surface area contributed by atoms with Crippen LogP contribution in [-0.4, -0.2) is 16.7 Å². The summed E-state index contributed by atoms with van der Waals surface area (Å²) < 4.78 is 6.89. The molecule has 74 valence electrons. The minimum absolute atomic E-state index is 0.591. The second-order valence-electron chi connectivity index (χ2n) is 2.96. The van der Waals surface area contributed by atoms with Crippen LogP contribution in [0.25, 0.3) is 5.69 Å². The Morgan fingerprint density at radius 1 is 1.47 bits per heavy atom. The SMILES string of the molecule is COc1ccc(C#N)c(-n2ccnc2)c1. The first-order chi connectivity index (χ1) is 7.35. The molecule has 0 radical (unpaired) electrons. The van der Waals surface area contributed by atoms with Crippen molar-refractivity contribution in [2.75, 3.05) is 7.11 Å². The number of hydrogen-bond donors (Lipinski definition) is 0. The summed E-state index contributed by atoms with van der Waals surface area (Å²) in [6.07, 6.45) is 5.10. The number of ether oxygens (including phenoxy) is 1. The molecule has 1 aromatic heterocycles. The molecule has 0 fully saturated rings. The average molecular weight is 199 g/mol. The number of rotatable bonds is 2. The first-order valence-corrected chi connectivity index (χ1v) is 4.41. The molecule has 1 heterocycles. The van der Waals surface area contributed by atoms with Crippen LogP contribution in [0.1, 0.15) is 5.56 Å². The van der Waals surface area contributed by atoms with E-state index in [9.17, 15) is 0 Å². The number of nitrogens with zero attached hydrogens (tertiary/aromatic N) is 3. The third-order valence-electron chi connectivity index (χ3n) is 2.11. The molecular weight excluding hydrogens is 190 g/mol. The molecule has 0 amide bonds. The van der Waals surface area contributed by atoms with E-state index in [2.05, 4.69) is 11.1 Å². The van der Waals surface area contributed by atoms with Gasteiger partial charge in [0.05, 0.1) is 24.7 Å². The molecule has 0 aliphatic rings. The fourth-order valence-electron chi connectivity index (χ4n) is 1.35. The molecule has 0 saturated carbocycles. The first-order valence-electron chi connectivity index (χ1n) is 4.41. The number of nitriles is 1. The molecule has 0 N–H and O–H groups in total. The van der Waals surface area contributed by atoms with E-state index in [4.69, 9.17) is 10.00 Å². The predicted molar refractivity (Wildman–Crippen MR) is 54.8 cm³/mol. The van der Waals surface area contributed by atoms with Gasteiger partial charge in [-0.3, -0.25) is 0 Å². The Morgan fingerprint density at radius 3 is 2.93 bits per heavy atom. The summed E-state index contributed by atoms with van der Waals surface area (Å²) in [5.74, 6) is 0.720. The molecule has 4 nitrogen and oxygen atoms in total. The summed E-state index contributed by atoms with van der Waals surface area (Å²) in [7, 11) is 1.60. The standard InChI is InChI=1S/C11H9N3O/c1-15-10-3-2-9(7-12)11(6-10)14-5-4-13-8-14/h2-6,8H,1H3. The zero-order chi connectivity index (χ0) is 10.7. The molecule has 1 aromatic carbocycles. The largest absolute Gasteiger partial charge is 0.497 e. The Labute approximate surface area is 87.4 Å². The lowest BCUT2D eigenvalue weighted by Gasteiger charge is -2.06. The maximum absolute atomic E-state index is 8.96. The summed E-state index contributed by atoms with van der Waals surface area (Å²) in [5.41, 5.74) is 1.36. The zero-order valence-corrected chi connectivity index (χ0v) is 8.21. The fraction of sp³-hybridized carbons (Fsp3) is 0.0909. The molecule has 0 unspecified atom stereocenters. The normalized spacial score (nSPS) is 9.60. The van der Waals surface area contributed by atoms with Crippen molar-refractivity contribution in [1.29, 1.82) is 5.26 Å². The molecule has 0 spiro atoms. The number of methoxy groups -OCH3 is 1. The van der Waals surface area contributed by atoms with Gasteiger partial charge in [0.25, 0.3) is 0 Å². The van der Waals surface area contributed by atoms with E-state index in [1.165, 1.54) is 0 Å². The van der Waals surface area contributed by atoms with Crippen molar-refractivity contribution < 1.29 is 4.74 Å². The van der Waals surface area contributed by atoms with Crippen molar-refractivity contribution in [3.63, 3.8) is 0 Å². The van der Waals surface area contributed by atoms with E-state index < -0.39 is 0 Å². The van der Waals surface area contributed by atoms with Crippen molar-refractivity contribution in [1.82, 2.24) is 9.55 Å². The maximum Gasteiger partial charge on any atom is 0.121 e. The molecule has 0 aliphatic heterocycles. The van der Waals surface area contributed by atoms with Crippen LogP contribution in [0.3, 0.4) is 0 Å². The van der Waals surface area contributed by atoms with Crippen LogP contribution >= 0.6 is 0 Å². The van der Waals surface area contributed by atoms with E-state index in [0.29, 0.717) is 5.56 Å². The Hall–Kier alpha value is -2.28. The minimum atomic E-state index is 0.591. The van der Waals surface area contributed by atoms with Gasteiger partial charge < -0.3 is 9.30 Å². The van der Waals surface area contributed by atoms with Gasteiger partial charge >= 0.3 is 0 Å². The van der Waals surface area contributed by atoms with Crippen LogP contribution < -0.4 is 4.74 Å². The van der Waals surface area contributed by atoms with E-state index in [0.717, 1.165) is 11.4 Å². The van der Waals surface area contributed by atoms with Gasteiger partial charge in [0.1, 0.15) is 11.8 Å². The Balaban J connectivity index is 2.58.